The van der Waals surface area contributed by atoms with Gasteiger partial charge in [0.15, 0.2) is 0 Å². The third-order valence-electron chi connectivity index (χ3n) is 0.978. The minimum Gasteiger partial charge on any atom is -0.305 e. The summed E-state index contributed by atoms with van der Waals surface area (Å²) in [4.78, 5) is 0. The molecule has 4 heteroatoms. The molecular formula is C6H14FO2P. The molecule has 0 spiro atoms. The van der Waals surface area contributed by atoms with Crippen molar-refractivity contribution in [3.63, 3.8) is 0 Å². The highest BCUT2D eigenvalue weighted by molar-refractivity contribution is 7.53. The Morgan fingerprint density at radius 2 is 2.10 bits per heavy atom. The molecule has 0 fully saturated rings. The second-order valence-electron chi connectivity index (χ2n) is 2.60. The average molecular weight is 168 g/mol. The highest BCUT2D eigenvalue weighted by atomic mass is 31.2. The molecule has 0 aromatic carbocycles. The molecule has 0 heterocycles. The Kier molecular flexibility index (Phi) is 4.14. The van der Waals surface area contributed by atoms with Crippen LogP contribution < -0.4 is 0 Å². The zero-order valence-electron chi connectivity index (χ0n) is 6.63. The molecule has 0 aromatic rings. The summed E-state index contributed by atoms with van der Waals surface area (Å²) in [5, 5.41) is 0. The minimum absolute atomic E-state index is 0.0281. The van der Waals surface area contributed by atoms with Crippen LogP contribution in [-0.2, 0) is 9.09 Å². The maximum absolute atomic E-state index is 12.5. The topological polar surface area (TPSA) is 26.3 Å². The van der Waals surface area contributed by atoms with Crippen molar-refractivity contribution < 1.29 is 13.3 Å². The Labute approximate surface area is 61.3 Å². The Hall–Kier alpha value is 0.120. The fourth-order valence-corrected chi connectivity index (χ4v) is 1.05. The predicted octanol–water partition coefficient (Wildman–Crippen LogP) is 2.84. The summed E-state index contributed by atoms with van der Waals surface area (Å²) in [5.41, 5.74) is 0. The van der Waals surface area contributed by atoms with Crippen molar-refractivity contribution in [1.82, 2.24) is 0 Å². The van der Waals surface area contributed by atoms with E-state index in [4.69, 9.17) is 0 Å². The van der Waals surface area contributed by atoms with Crippen LogP contribution in [0.5, 0.6) is 0 Å². The lowest BCUT2D eigenvalue weighted by atomic mass is 10.2. The first-order valence-corrected chi connectivity index (χ1v) is 5.11. The van der Waals surface area contributed by atoms with E-state index in [-0.39, 0.29) is 18.7 Å². The second-order valence-corrected chi connectivity index (χ2v) is 4.67. The maximum atomic E-state index is 12.5. The molecule has 0 radical (unpaired) electrons. The fraction of sp³-hybridized carbons (Fsp3) is 1.00. The summed E-state index contributed by atoms with van der Waals surface area (Å²) in [6.07, 6.45) is -0.0281. The van der Waals surface area contributed by atoms with E-state index in [1.807, 2.05) is 13.8 Å². The number of hydrogen-bond acceptors (Lipinski definition) is 2. The van der Waals surface area contributed by atoms with Gasteiger partial charge in [0.2, 0.25) is 0 Å². The van der Waals surface area contributed by atoms with Crippen LogP contribution in [0.15, 0.2) is 0 Å². The lowest BCUT2D eigenvalue weighted by Crippen LogP contribution is -1.99. The van der Waals surface area contributed by atoms with Gasteiger partial charge >= 0.3 is 7.68 Å². The van der Waals surface area contributed by atoms with Crippen LogP contribution in [0.3, 0.4) is 0 Å². The monoisotopic (exact) mass is 168 g/mol. The van der Waals surface area contributed by atoms with Crippen LogP contribution in [0.1, 0.15) is 20.8 Å². The van der Waals surface area contributed by atoms with Crippen molar-refractivity contribution in [2.45, 2.75) is 20.8 Å². The summed E-state index contributed by atoms with van der Waals surface area (Å²) in [5.74, 6) is 0.232. The third kappa shape index (κ3) is 4.95. The quantitative estimate of drug-likeness (QED) is 0.603. The SMILES string of the molecule is CCP(=O)(F)OCC(C)C. The van der Waals surface area contributed by atoms with E-state index in [2.05, 4.69) is 4.52 Å². The molecule has 0 saturated carbocycles. The molecule has 0 aliphatic heterocycles. The Morgan fingerprint density at radius 3 is 2.40 bits per heavy atom. The van der Waals surface area contributed by atoms with Gasteiger partial charge in [0.05, 0.1) is 12.8 Å². The first-order valence-electron chi connectivity index (χ1n) is 3.41. The normalized spacial score (nSPS) is 17.3. The van der Waals surface area contributed by atoms with E-state index in [1.165, 1.54) is 6.92 Å². The largest absolute Gasteiger partial charge is 0.367 e. The van der Waals surface area contributed by atoms with E-state index in [1.54, 1.807) is 0 Å². The number of hydrogen-bond donors (Lipinski definition) is 0. The molecule has 0 rings (SSSR count). The summed E-state index contributed by atoms with van der Waals surface area (Å²) in [6.45, 7) is 5.52. The minimum atomic E-state index is -3.73. The Balaban J connectivity index is 3.58. The molecule has 10 heavy (non-hydrogen) atoms. The molecular weight excluding hydrogens is 154 g/mol. The molecule has 1 atom stereocenters. The van der Waals surface area contributed by atoms with E-state index in [9.17, 15) is 8.76 Å². The van der Waals surface area contributed by atoms with Crippen LogP contribution in [0.2, 0.25) is 0 Å². The van der Waals surface area contributed by atoms with Gasteiger partial charge in [-0.1, -0.05) is 20.8 Å². The van der Waals surface area contributed by atoms with Crippen LogP contribution >= 0.6 is 7.68 Å². The van der Waals surface area contributed by atoms with Gasteiger partial charge in [-0.05, 0) is 5.92 Å². The van der Waals surface area contributed by atoms with Crippen molar-refractivity contribution in [3.8, 4) is 0 Å². The van der Waals surface area contributed by atoms with Crippen molar-refractivity contribution in [3.05, 3.63) is 0 Å². The van der Waals surface area contributed by atoms with Gasteiger partial charge in [0.1, 0.15) is 0 Å². The van der Waals surface area contributed by atoms with Crippen LogP contribution in [-0.4, -0.2) is 12.8 Å². The predicted molar refractivity (Wildman–Crippen MR) is 40.0 cm³/mol. The molecule has 0 aliphatic carbocycles. The van der Waals surface area contributed by atoms with Crippen LogP contribution in [0.25, 0.3) is 0 Å². The summed E-state index contributed by atoms with van der Waals surface area (Å²) in [6, 6.07) is 0. The standard InChI is InChI=1S/C6H14FO2P/c1-4-10(7,8)9-5-6(2)3/h6H,4-5H2,1-3H3. The molecule has 62 valence electrons. The Bertz CT molecular complexity index is 136. The van der Waals surface area contributed by atoms with Crippen molar-refractivity contribution in [2.75, 3.05) is 12.8 Å². The van der Waals surface area contributed by atoms with E-state index < -0.39 is 7.68 Å². The van der Waals surface area contributed by atoms with E-state index in [0.717, 1.165) is 0 Å². The lowest BCUT2D eigenvalue weighted by Gasteiger charge is -2.08. The molecule has 0 N–H and O–H groups in total. The molecule has 0 aromatic heterocycles. The zero-order chi connectivity index (χ0) is 8.20. The van der Waals surface area contributed by atoms with E-state index >= 15 is 0 Å². The molecule has 2 nitrogen and oxygen atoms in total. The molecule has 0 bridgehead atoms. The number of halogens is 1. The highest BCUT2D eigenvalue weighted by Gasteiger charge is 2.18. The van der Waals surface area contributed by atoms with E-state index in [0.29, 0.717) is 0 Å². The van der Waals surface area contributed by atoms with Gasteiger partial charge in [-0.25, -0.2) is 0 Å². The summed E-state index contributed by atoms with van der Waals surface area (Å²) in [7, 11) is -3.73. The highest BCUT2D eigenvalue weighted by Crippen LogP contribution is 2.48. The first-order chi connectivity index (χ1) is 4.48. The summed E-state index contributed by atoms with van der Waals surface area (Å²) >= 11 is 0. The van der Waals surface area contributed by atoms with Crippen molar-refractivity contribution in [2.24, 2.45) is 5.92 Å². The third-order valence-corrected chi connectivity index (χ3v) is 2.27. The zero-order valence-corrected chi connectivity index (χ0v) is 7.53. The van der Waals surface area contributed by atoms with Gasteiger partial charge in [-0.2, -0.15) is 4.20 Å². The molecule has 0 saturated heterocycles. The van der Waals surface area contributed by atoms with Gasteiger partial charge in [-0.3, -0.25) is 4.57 Å². The van der Waals surface area contributed by atoms with Crippen LogP contribution in [0, 0.1) is 5.92 Å². The fourth-order valence-electron chi connectivity index (χ4n) is 0.352. The second kappa shape index (κ2) is 4.09. The van der Waals surface area contributed by atoms with Crippen molar-refractivity contribution >= 4 is 7.68 Å². The van der Waals surface area contributed by atoms with Gasteiger partial charge in [0.25, 0.3) is 0 Å². The Morgan fingerprint density at radius 1 is 1.60 bits per heavy atom. The summed E-state index contributed by atoms with van der Waals surface area (Å²) < 4.78 is 27.6. The number of rotatable bonds is 4. The van der Waals surface area contributed by atoms with Gasteiger partial charge in [-0.15, -0.1) is 0 Å². The molecule has 1 unspecified atom stereocenters. The average Bonchev–Trinajstić information content (AvgIpc) is 1.85. The maximum Gasteiger partial charge on any atom is 0.367 e. The van der Waals surface area contributed by atoms with Crippen molar-refractivity contribution in [1.29, 1.82) is 0 Å². The smallest absolute Gasteiger partial charge is 0.305 e. The molecule has 0 amide bonds. The first kappa shape index (κ1) is 10.1. The van der Waals surface area contributed by atoms with Gasteiger partial charge in [0, 0.05) is 0 Å². The molecule has 0 aliphatic rings. The lowest BCUT2D eigenvalue weighted by molar-refractivity contribution is 0.251. The van der Waals surface area contributed by atoms with Crippen LogP contribution in [0.4, 0.5) is 4.20 Å². The van der Waals surface area contributed by atoms with Gasteiger partial charge < -0.3 is 4.52 Å².